The van der Waals surface area contributed by atoms with Gasteiger partial charge >= 0.3 is 0 Å². The fraction of sp³-hybridized carbons (Fsp3) is 0.480. The molecule has 4 atom stereocenters. The number of rotatable bonds is 4. The summed E-state index contributed by atoms with van der Waals surface area (Å²) in [6, 6.07) is 12.6. The standard InChI is InChI=1S/C25H30N2O4S/c1-24-14-25(13-17-7-8-18(28)12-20(17)24)15-26(2)23(25)22(24)27(3)21(29)11-16-5-9-19(10-6-16)32(4,30)31/h5-10,12,22-23,28H,11,13-15H2,1-4H3/t22-,23+,24-,25?/m1/s1. The van der Waals surface area contributed by atoms with Gasteiger partial charge in [0.1, 0.15) is 5.75 Å². The van der Waals surface area contributed by atoms with Crippen molar-refractivity contribution in [3.05, 3.63) is 59.2 Å². The van der Waals surface area contributed by atoms with Gasteiger partial charge in [0, 0.05) is 36.7 Å². The molecule has 2 fully saturated rings. The first-order valence-corrected chi connectivity index (χ1v) is 12.9. The van der Waals surface area contributed by atoms with Crippen molar-refractivity contribution in [2.75, 3.05) is 26.9 Å². The van der Waals surface area contributed by atoms with E-state index in [1.807, 2.05) is 24.1 Å². The van der Waals surface area contributed by atoms with Crippen LogP contribution in [0.15, 0.2) is 47.4 Å². The highest BCUT2D eigenvalue weighted by molar-refractivity contribution is 7.90. The molecule has 6 nitrogen and oxygen atoms in total. The lowest BCUT2D eigenvalue weighted by Gasteiger charge is -2.55. The van der Waals surface area contributed by atoms with Gasteiger partial charge in [-0.2, -0.15) is 0 Å². The van der Waals surface area contributed by atoms with Gasteiger partial charge in [-0.05, 0) is 60.8 Å². The van der Waals surface area contributed by atoms with Crippen LogP contribution in [0.25, 0.3) is 0 Å². The number of carbonyl (C=O) groups excluding carboxylic acids is 1. The lowest BCUT2D eigenvalue weighted by Crippen LogP contribution is -2.67. The molecule has 2 aliphatic carbocycles. The first-order chi connectivity index (χ1) is 14.9. The molecule has 1 amide bonds. The van der Waals surface area contributed by atoms with E-state index in [0.717, 1.165) is 30.5 Å². The van der Waals surface area contributed by atoms with Crippen LogP contribution in [0.4, 0.5) is 0 Å². The third kappa shape index (κ3) is 3.01. The zero-order valence-electron chi connectivity index (χ0n) is 19.0. The second-order valence-corrected chi connectivity index (χ2v) is 12.4. The molecular weight excluding hydrogens is 424 g/mol. The van der Waals surface area contributed by atoms with Crippen LogP contribution in [0.1, 0.15) is 30.0 Å². The number of amides is 1. The summed E-state index contributed by atoms with van der Waals surface area (Å²) in [5.41, 5.74) is 3.19. The monoisotopic (exact) mass is 454 g/mol. The lowest BCUT2D eigenvalue weighted by molar-refractivity contribution is -0.136. The summed E-state index contributed by atoms with van der Waals surface area (Å²) in [5, 5.41) is 10.2. The van der Waals surface area contributed by atoms with E-state index < -0.39 is 9.84 Å². The predicted octanol–water partition coefficient (Wildman–Crippen LogP) is 2.38. The van der Waals surface area contributed by atoms with Gasteiger partial charge < -0.3 is 14.9 Å². The Hall–Kier alpha value is -2.38. The molecule has 7 heteroatoms. The summed E-state index contributed by atoms with van der Waals surface area (Å²) in [6.07, 6.45) is 3.40. The number of likely N-dealkylation sites (tertiary alicyclic amines) is 1. The van der Waals surface area contributed by atoms with Crippen LogP contribution in [-0.4, -0.2) is 68.2 Å². The Kier molecular flexibility index (Phi) is 4.57. The van der Waals surface area contributed by atoms with Crippen molar-refractivity contribution < 1.29 is 18.3 Å². The summed E-state index contributed by atoms with van der Waals surface area (Å²) in [5.74, 6) is 0.292. The van der Waals surface area contributed by atoms with E-state index >= 15 is 0 Å². The van der Waals surface area contributed by atoms with E-state index in [1.165, 1.54) is 11.8 Å². The molecule has 1 saturated heterocycles. The zero-order valence-corrected chi connectivity index (χ0v) is 19.8. The van der Waals surface area contributed by atoms with E-state index in [4.69, 9.17) is 0 Å². The summed E-state index contributed by atoms with van der Waals surface area (Å²) >= 11 is 0. The van der Waals surface area contributed by atoms with Gasteiger partial charge in [0.2, 0.25) is 5.91 Å². The highest BCUT2D eigenvalue weighted by Gasteiger charge is 2.70. The van der Waals surface area contributed by atoms with Crippen LogP contribution in [0.2, 0.25) is 0 Å². The van der Waals surface area contributed by atoms with Crippen LogP contribution >= 0.6 is 0 Å². The van der Waals surface area contributed by atoms with Crippen LogP contribution in [0.5, 0.6) is 5.75 Å². The fourth-order valence-electron chi connectivity index (χ4n) is 7.02. The van der Waals surface area contributed by atoms with E-state index in [1.54, 1.807) is 30.3 Å². The molecule has 2 aromatic carbocycles. The van der Waals surface area contributed by atoms with Crippen molar-refractivity contribution in [2.24, 2.45) is 5.41 Å². The van der Waals surface area contributed by atoms with Gasteiger partial charge in [0.25, 0.3) is 0 Å². The molecule has 2 aromatic rings. The summed E-state index contributed by atoms with van der Waals surface area (Å²) in [7, 11) is 0.770. The number of fused-ring (bicyclic) bond motifs is 3. The third-order valence-corrected chi connectivity index (χ3v) is 9.23. The lowest BCUT2D eigenvalue weighted by atomic mass is 9.63. The number of carbonyl (C=O) groups is 1. The normalized spacial score (nSPS) is 30.9. The molecule has 0 radical (unpaired) electrons. The molecular formula is C25H30N2O4S. The summed E-state index contributed by atoms with van der Waals surface area (Å²) < 4.78 is 23.4. The molecule has 170 valence electrons. The van der Waals surface area contributed by atoms with Gasteiger partial charge in [-0.25, -0.2) is 8.42 Å². The van der Waals surface area contributed by atoms with E-state index in [9.17, 15) is 18.3 Å². The van der Waals surface area contributed by atoms with Crippen molar-refractivity contribution in [2.45, 2.75) is 48.6 Å². The Bertz CT molecular complexity index is 1210. The molecule has 2 bridgehead atoms. The van der Waals surface area contributed by atoms with Crippen molar-refractivity contribution in [3.63, 3.8) is 0 Å². The molecule has 0 aromatic heterocycles. The Balaban J connectivity index is 1.46. The van der Waals surface area contributed by atoms with Crippen LogP contribution < -0.4 is 0 Å². The Labute approximate surface area is 189 Å². The van der Waals surface area contributed by atoms with Gasteiger partial charge in [0.15, 0.2) is 9.84 Å². The Morgan fingerprint density at radius 3 is 2.53 bits per heavy atom. The van der Waals surface area contributed by atoms with E-state index in [0.29, 0.717) is 0 Å². The first kappa shape index (κ1) is 21.5. The van der Waals surface area contributed by atoms with Gasteiger partial charge in [-0.3, -0.25) is 4.79 Å². The highest BCUT2D eigenvalue weighted by atomic mass is 32.2. The average Bonchev–Trinajstić information content (AvgIpc) is 2.88. The fourth-order valence-corrected chi connectivity index (χ4v) is 7.65. The predicted molar refractivity (Wildman–Crippen MR) is 122 cm³/mol. The first-order valence-electron chi connectivity index (χ1n) is 11.0. The average molecular weight is 455 g/mol. The SMILES string of the molecule is CN1CC23Cc4ccc(O)cc4[C@@](C)(C2)[C@H](N(C)C(=O)Cc2ccc(S(C)(=O)=O)cc2)[C@H]13. The number of sulfone groups is 1. The second kappa shape index (κ2) is 6.81. The maximum absolute atomic E-state index is 13.4. The number of phenolic OH excluding ortho intramolecular Hbond substituents is 1. The second-order valence-electron chi connectivity index (χ2n) is 10.4. The highest BCUT2D eigenvalue weighted by Crippen LogP contribution is 2.64. The molecule has 32 heavy (non-hydrogen) atoms. The van der Waals surface area contributed by atoms with Crippen molar-refractivity contribution in [1.82, 2.24) is 9.80 Å². The zero-order chi connectivity index (χ0) is 23.1. The van der Waals surface area contributed by atoms with Crippen LogP contribution in [0, 0.1) is 5.41 Å². The van der Waals surface area contributed by atoms with E-state index in [-0.39, 0.29) is 45.9 Å². The number of nitrogens with zero attached hydrogens (tertiary/aromatic N) is 2. The number of benzene rings is 2. The molecule has 1 unspecified atom stereocenters. The molecule has 1 heterocycles. The third-order valence-electron chi connectivity index (χ3n) is 8.11. The minimum Gasteiger partial charge on any atom is -0.508 e. The van der Waals surface area contributed by atoms with Crippen LogP contribution in [-0.2, 0) is 32.9 Å². The quantitative estimate of drug-likeness (QED) is 0.768. The van der Waals surface area contributed by atoms with Crippen molar-refractivity contribution in [1.29, 1.82) is 0 Å². The van der Waals surface area contributed by atoms with E-state index in [2.05, 4.69) is 18.9 Å². The minimum absolute atomic E-state index is 0.00657. The number of hydrogen-bond acceptors (Lipinski definition) is 5. The molecule has 5 rings (SSSR count). The number of hydrogen-bond donors (Lipinski definition) is 1. The molecule has 1 spiro atoms. The maximum atomic E-state index is 13.4. The molecule has 1 N–H and O–H groups in total. The Morgan fingerprint density at radius 1 is 1.22 bits per heavy atom. The maximum Gasteiger partial charge on any atom is 0.227 e. The summed E-state index contributed by atoms with van der Waals surface area (Å²) in [4.78, 5) is 17.9. The molecule has 1 aliphatic heterocycles. The van der Waals surface area contributed by atoms with Gasteiger partial charge in [-0.15, -0.1) is 0 Å². The Morgan fingerprint density at radius 2 is 1.91 bits per heavy atom. The topological polar surface area (TPSA) is 77.9 Å². The molecule has 3 aliphatic rings. The minimum atomic E-state index is -3.26. The summed E-state index contributed by atoms with van der Waals surface area (Å²) in [6.45, 7) is 3.27. The number of likely N-dealkylation sites (N-methyl/N-ethyl adjacent to an activating group) is 2. The van der Waals surface area contributed by atoms with Crippen molar-refractivity contribution in [3.8, 4) is 5.75 Å². The smallest absolute Gasteiger partial charge is 0.227 e. The number of phenols is 1. The van der Waals surface area contributed by atoms with Crippen LogP contribution in [0.3, 0.4) is 0 Å². The molecule has 1 saturated carbocycles. The number of aromatic hydroxyl groups is 1. The van der Waals surface area contributed by atoms with Crippen molar-refractivity contribution >= 4 is 15.7 Å². The van der Waals surface area contributed by atoms with Gasteiger partial charge in [-0.1, -0.05) is 25.1 Å². The largest absolute Gasteiger partial charge is 0.508 e. The van der Waals surface area contributed by atoms with Gasteiger partial charge in [0.05, 0.1) is 17.4 Å².